The molecule has 1 heteroatoms. The molecule has 0 aromatic heterocycles. The summed E-state index contributed by atoms with van der Waals surface area (Å²) in [5.74, 6) is 2.11. The zero-order chi connectivity index (χ0) is 14.2. The lowest BCUT2D eigenvalue weighted by molar-refractivity contribution is 0.000831. The van der Waals surface area contributed by atoms with Crippen molar-refractivity contribution in [1.29, 1.82) is 0 Å². The van der Waals surface area contributed by atoms with Crippen LogP contribution in [0.2, 0.25) is 0 Å². The van der Waals surface area contributed by atoms with Crippen molar-refractivity contribution in [2.75, 3.05) is 7.11 Å². The van der Waals surface area contributed by atoms with Crippen molar-refractivity contribution >= 4 is 0 Å². The van der Waals surface area contributed by atoms with Crippen LogP contribution in [0.3, 0.4) is 0 Å². The molecule has 0 spiro atoms. The third-order valence-electron chi connectivity index (χ3n) is 5.57. The van der Waals surface area contributed by atoms with Gasteiger partial charge in [0.05, 0.1) is 6.10 Å². The standard InChI is InChI=1S/C19H34O/c1-16-17-12-10-8-6-4-3-5-7-9-11-13-18(15-14-17)19(16)20-2/h14-19H,3-13H2,1-2H3. The van der Waals surface area contributed by atoms with Crippen LogP contribution in [-0.2, 0) is 4.74 Å². The quantitative estimate of drug-likeness (QED) is 0.555. The first-order chi connectivity index (χ1) is 9.83. The van der Waals surface area contributed by atoms with Gasteiger partial charge >= 0.3 is 0 Å². The summed E-state index contributed by atoms with van der Waals surface area (Å²) >= 11 is 0. The number of methoxy groups -OCH3 is 1. The van der Waals surface area contributed by atoms with Crippen LogP contribution in [0.4, 0.5) is 0 Å². The predicted molar refractivity (Wildman–Crippen MR) is 86.9 cm³/mol. The van der Waals surface area contributed by atoms with E-state index in [9.17, 15) is 0 Å². The Morgan fingerprint density at radius 2 is 1.15 bits per heavy atom. The first-order valence-corrected chi connectivity index (χ1v) is 9.04. The Morgan fingerprint density at radius 3 is 1.70 bits per heavy atom. The minimum absolute atomic E-state index is 0.454. The monoisotopic (exact) mass is 278 g/mol. The van der Waals surface area contributed by atoms with E-state index >= 15 is 0 Å². The lowest BCUT2D eigenvalue weighted by Gasteiger charge is -2.37. The maximum Gasteiger partial charge on any atom is 0.0664 e. The molecular weight excluding hydrogens is 244 g/mol. The Kier molecular flexibility index (Phi) is 7.13. The van der Waals surface area contributed by atoms with Gasteiger partial charge in [0.1, 0.15) is 0 Å². The van der Waals surface area contributed by atoms with Crippen LogP contribution >= 0.6 is 0 Å². The molecule has 0 aromatic rings. The van der Waals surface area contributed by atoms with E-state index in [1.54, 1.807) is 0 Å². The second-order valence-corrected chi connectivity index (χ2v) is 7.03. The van der Waals surface area contributed by atoms with Crippen LogP contribution in [0.15, 0.2) is 12.2 Å². The fraction of sp³-hybridized carbons (Fsp3) is 0.895. The van der Waals surface area contributed by atoms with Gasteiger partial charge in [-0.05, 0) is 24.7 Å². The molecule has 0 saturated heterocycles. The fourth-order valence-electron chi connectivity index (χ4n) is 4.21. The Labute approximate surface area is 126 Å². The minimum atomic E-state index is 0.454. The smallest absolute Gasteiger partial charge is 0.0664 e. The van der Waals surface area contributed by atoms with E-state index in [0.717, 1.165) is 5.92 Å². The van der Waals surface area contributed by atoms with Gasteiger partial charge in [-0.3, -0.25) is 0 Å². The number of allylic oxidation sites excluding steroid dienone is 1. The molecule has 0 aromatic carbocycles. The van der Waals surface area contributed by atoms with Crippen molar-refractivity contribution in [2.24, 2.45) is 17.8 Å². The first kappa shape index (κ1) is 16.1. The fourth-order valence-corrected chi connectivity index (χ4v) is 4.21. The Morgan fingerprint density at radius 1 is 0.700 bits per heavy atom. The van der Waals surface area contributed by atoms with Gasteiger partial charge in [-0.2, -0.15) is 0 Å². The summed E-state index contributed by atoms with van der Waals surface area (Å²) in [6.07, 6.45) is 21.0. The number of hydrogen-bond acceptors (Lipinski definition) is 1. The van der Waals surface area contributed by atoms with Crippen molar-refractivity contribution in [3.05, 3.63) is 12.2 Å². The van der Waals surface area contributed by atoms with Crippen LogP contribution < -0.4 is 0 Å². The average Bonchev–Trinajstić information content (AvgIpc) is 2.47. The van der Waals surface area contributed by atoms with E-state index in [2.05, 4.69) is 19.1 Å². The number of fused-ring (bicyclic) bond motifs is 11. The molecule has 20 heavy (non-hydrogen) atoms. The second-order valence-electron chi connectivity index (χ2n) is 7.03. The van der Waals surface area contributed by atoms with E-state index in [1.165, 1.54) is 70.6 Å². The van der Waals surface area contributed by atoms with Crippen LogP contribution in [0.5, 0.6) is 0 Å². The molecule has 4 atom stereocenters. The highest BCUT2D eigenvalue weighted by Gasteiger charge is 2.32. The zero-order valence-electron chi connectivity index (χ0n) is 13.7. The van der Waals surface area contributed by atoms with Crippen molar-refractivity contribution in [3.63, 3.8) is 0 Å². The third-order valence-corrected chi connectivity index (χ3v) is 5.57. The Balaban J connectivity index is 1.96. The molecule has 2 bridgehead atoms. The number of rotatable bonds is 1. The van der Waals surface area contributed by atoms with Gasteiger partial charge < -0.3 is 4.74 Å². The van der Waals surface area contributed by atoms with Gasteiger partial charge in [0.25, 0.3) is 0 Å². The van der Waals surface area contributed by atoms with Gasteiger partial charge in [-0.1, -0.05) is 76.9 Å². The molecule has 0 N–H and O–H groups in total. The molecular formula is C19H34O. The van der Waals surface area contributed by atoms with Crippen molar-refractivity contribution in [3.8, 4) is 0 Å². The van der Waals surface area contributed by atoms with Crippen LogP contribution in [0, 0.1) is 17.8 Å². The van der Waals surface area contributed by atoms with E-state index in [-0.39, 0.29) is 0 Å². The molecule has 116 valence electrons. The topological polar surface area (TPSA) is 9.23 Å². The molecule has 0 heterocycles. The lowest BCUT2D eigenvalue weighted by Crippen LogP contribution is -2.36. The molecule has 1 saturated carbocycles. The highest BCUT2D eigenvalue weighted by Crippen LogP contribution is 2.36. The maximum atomic E-state index is 5.87. The highest BCUT2D eigenvalue weighted by atomic mass is 16.5. The number of ether oxygens (including phenoxy) is 1. The van der Waals surface area contributed by atoms with E-state index in [4.69, 9.17) is 4.74 Å². The third kappa shape index (κ3) is 4.62. The molecule has 4 unspecified atom stereocenters. The van der Waals surface area contributed by atoms with Crippen molar-refractivity contribution < 1.29 is 4.74 Å². The van der Waals surface area contributed by atoms with E-state index < -0.39 is 0 Å². The van der Waals surface area contributed by atoms with E-state index in [0.29, 0.717) is 17.9 Å². The van der Waals surface area contributed by atoms with Gasteiger partial charge in [0, 0.05) is 13.0 Å². The summed E-state index contributed by atoms with van der Waals surface area (Å²) in [4.78, 5) is 0. The summed E-state index contributed by atoms with van der Waals surface area (Å²) in [6.45, 7) is 2.41. The largest absolute Gasteiger partial charge is 0.381 e. The minimum Gasteiger partial charge on any atom is -0.381 e. The lowest BCUT2D eigenvalue weighted by atomic mass is 9.74. The predicted octanol–water partition coefficient (Wildman–Crippen LogP) is 5.74. The zero-order valence-corrected chi connectivity index (χ0v) is 13.7. The molecule has 0 aliphatic heterocycles. The SMILES string of the molecule is COC1C2C=CC(CCCCCCCCCCC2)C1C. The summed E-state index contributed by atoms with van der Waals surface area (Å²) < 4.78 is 5.87. The molecule has 1 nitrogen and oxygen atoms in total. The average molecular weight is 278 g/mol. The van der Waals surface area contributed by atoms with Gasteiger partial charge in [0.2, 0.25) is 0 Å². The van der Waals surface area contributed by atoms with Gasteiger partial charge in [-0.25, -0.2) is 0 Å². The molecule has 3 aliphatic carbocycles. The van der Waals surface area contributed by atoms with Gasteiger partial charge in [-0.15, -0.1) is 0 Å². The molecule has 3 rings (SSSR count). The molecule has 0 amide bonds. The maximum absolute atomic E-state index is 5.87. The van der Waals surface area contributed by atoms with Crippen LogP contribution in [-0.4, -0.2) is 13.2 Å². The Hall–Kier alpha value is -0.300. The Bertz CT molecular complexity index is 283. The van der Waals surface area contributed by atoms with Crippen LogP contribution in [0.1, 0.15) is 77.6 Å². The highest BCUT2D eigenvalue weighted by molar-refractivity contribution is 5.05. The molecule has 3 aliphatic rings. The summed E-state index contributed by atoms with van der Waals surface area (Å²) in [5, 5.41) is 0. The summed E-state index contributed by atoms with van der Waals surface area (Å²) in [6, 6.07) is 0. The summed E-state index contributed by atoms with van der Waals surface area (Å²) in [5.41, 5.74) is 0. The van der Waals surface area contributed by atoms with Crippen molar-refractivity contribution in [1.82, 2.24) is 0 Å². The van der Waals surface area contributed by atoms with Gasteiger partial charge in [0.15, 0.2) is 0 Å². The number of hydrogen-bond donors (Lipinski definition) is 0. The van der Waals surface area contributed by atoms with Crippen molar-refractivity contribution in [2.45, 2.75) is 83.7 Å². The molecule has 1 fully saturated rings. The normalized spacial score (nSPS) is 37.3. The van der Waals surface area contributed by atoms with E-state index in [1.807, 2.05) is 7.11 Å². The van der Waals surface area contributed by atoms with Crippen LogP contribution in [0.25, 0.3) is 0 Å². The second kappa shape index (κ2) is 8.87. The summed E-state index contributed by atoms with van der Waals surface area (Å²) in [7, 11) is 1.92. The molecule has 0 radical (unpaired) electrons. The first-order valence-electron chi connectivity index (χ1n) is 9.04.